The van der Waals surface area contributed by atoms with E-state index >= 15 is 0 Å². The number of hydrogen-bond acceptors (Lipinski definition) is 2. The second-order valence-electron chi connectivity index (χ2n) is 7.29. The summed E-state index contributed by atoms with van der Waals surface area (Å²) in [5.41, 5.74) is 1.74. The Hall–Kier alpha value is -0.860. The van der Waals surface area contributed by atoms with Gasteiger partial charge < -0.3 is 5.32 Å². The van der Waals surface area contributed by atoms with Gasteiger partial charge in [-0.2, -0.15) is 0 Å². The molecule has 2 atom stereocenters. The first kappa shape index (κ1) is 16.5. The Morgan fingerprint density at radius 3 is 2.62 bits per heavy atom. The minimum absolute atomic E-state index is 0.282. The van der Waals surface area contributed by atoms with E-state index in [1.807, 2.05) is 0 Å². The molecule has 0 amide bonds. The van der Waals surface area contributed by atoms with E-state index in [4.69, 9.17) is 0 Å². The molecular formula is C19H32N2. The van der Waals surface area contributed by atoms with Gasteiger partial charge in [-0.3, -0.25) is 4.90 Å². The number of nitrogens with one attached hydrogen (secondary N) is 1. The number of rotatable bonds is 6. The van der Waals surface area contributed by atoms with Crippen molar-refractivity contribution < 1.29 is 0 Å². The van der Waals surface area contributed by atoms with Crippen molar-refractivity contribution in [1.82, 2.24) is 10.2 Å². The van der Waals surface area contributed by atoms with Crippen molar-refractivity contribution in [2.75, 3.05) is 19.6 Å². The highest BCUT2D eigenvalue weighted by atomic mass is 15.2. The lowest BCUT2D eigenvalue weighted by molar-refractivity contribution is 0.0799. The van der Waals surface area contributed by atoms with Crippen molar-refractivity contribution in [3.63, 3.8) is 0 Å². The summed E-state index contributed by atoms with van der Waals surface area (Å²) < 4.78 is 0. The molecular weight excluding hydrogens is 256 g/mol. The maximum absolute atomic E-state index is 3.79. The number of benzene rings is 1. The number of hydrogen-bond donors (Lipinski definition) is 1. The largest absolute Gasteiger partial charge is 0.309 e. The summed E-state index contributed by atoms with van der Waals surface area (Å²) in [6.45, 7) is 12.8. The summed E-state index contributed by atoms with van der Waals surface area (Å²) in [4.78, 5) is 2.73. The van der Waals surface area contributed by atoms with Crippen LogP contribution in [0.1, 0.15) is 46.1 Å². The van der Waals surface area contributed by atoms with Crippen LogP contribution in [0, 0.1) is 5.92 Å². The van der Waals surface area contributed by atoms with Gasteiger partial charge in [0.05, 0.1) is 0 Å². The molecule has 1 fully saturated rings. The molecule has 0 radical (unpaired) electrons. The zero-order valence-electron chi connectivity index (χ0n) is 14.2. The Balaban J connectivity index is 2.03. The third kappa shape index (κ3) is 4.82. The first-order chi connectivity index (χ1) is 10.0. The van der Waals surface area contributed by atoms with E-state index in [2.05, 4.69) is 68.2 Å². The standard InChI is InChI=1S/C19H32N2/c1-5-19(4)15-21(12-11-16(2)3)18(14-20-19)13-17-9-7-6-8-10-17/h6-10,16,18,20H,5,11-15H2,1-4H3. The molecule has 0 aromatic heterocycles. The summed E-state index contributed by atoms with van der Waals surface area (Å²) in [7, 11) is 0. The second-order valence-corrected chi connectivity index (χ2v) is 7.29. The average Bonchev–Trinajstić information content (AvgIpc) is 2.49. The van der Waals surface area contributed by atoms with Gasteiger partial charge in [-0.25, -0.2) is 0 Å². The van der Waals surface area contributed by atoms with Gasteiger partial charge in [0.25, 0.3) is 0 Å². The molecule has 0 aliphatic carbocycles. The zero-order valence-corrected chi connectivity index (χ0v) is 14.2. The molecule has 1 aliphatic rings. The van der Waals surface area contributed by atoms with Gasteiger partial charge in [0.2, 0.25) is 0 Å². The molecule has 1 aromatic rings. The van der Waals surface area contributed by atoms with Crippen molar-refractivity contribution in [3.05, 3.63) is 35.9 Å². The summed E-state index contributed by atoms with van der Waals surface area (Å²) in [5, 5.41) is 3.79. The van der Waals surface area contributed by atoms with E-state index in [-0.39, 0.29) is 5.54 Å². The molecule has 1 aliphatic heterocycles. The monoisotopic (exact) mass is 288 g/mol. The SMILES string of the molecule is CCC1(C)CN(CCC(C)C)C(Cc2ccccc2)CN1. The molecule has 2 unspecified atom stereocenters. The first-order valence-electron chi connectivity index (χ1n) is 8.55. The van der Waals surface area contributed by atoms with Gasteiger partial charge in [-0.1, -0.05) is 51.1 Å². The molecule has 2 rings (SSSR count). The van der Waals surface area contributed by atoms with Crippen molar-refractivity contribution in [2.24, 2.45) is 5.92 Å². The van der Waals surface area contributed by atoms with E-state index in [1.165, 1.54) is 31.5 Å². The second kappa shape index (κ2) is 7.42. The van der Waals surface area contributed by atoms with Gasteiger partial charge in [0, 0.05) is 24.7 Å². The predicted molar refractivity (Wildman–Crippen MR) is 91.7 cm³/mol. The van der Waals surface area contributed by atoms with Crippen LogP contribution in [-0.2, 0) is 6.42 Å². The van der Waals surface area contributed by atoms with Gasteiger partial charge >= 0.3 is 0 Å². The van der Waals surface area contributed by atoms with Crippen LogP contribution in [0.2, 0.25) is 0 Å². The van der Waals surface area contributed by atoms with Crippen LogP contribution in [0.15, 0.2) is 30.3 Å². The lowest BCUT2D eigenvalue weighted by Crippen LogP contribution is -2.63. The maximum atomic E-state index is 3.79. The third-order valence-corrected chi connectivity index (χ3v) is 4.92. The van der Waals surface area contributed by atoms with Crippen molar-refractivity contribution in [2.45, 2.75) is 58.5 Å². The fourth-order valence-electron chi connectivity index (χ4n) is 3.14. The van der Waals surface area contributed by atoms with Crippen LogP contribution >= 0.6 is 0 Å². The lowest BCUT2D eigenvalue weighted by atomic mass is 9.91. The molecule has 1 heterocycles. The molecule has 1 aromatic carbocycles. The normalized spacial score (nSPS) is 27.2. The van der Waals surface area contributed by atoms with Crippen LogP contribution in [0.25, 0.3) is 0 Å². The fraction of sp³-hybridized carbons (Fsp3) is 0.684. The molecule has 2 nitrogen and oxygen atoms in total. The average molecular weight is 288 g/mol. The van der Waals surface area contributed by atoms with Crippen molar-refractivity contribution >= 4 is 0 Å². The Labute approximate surface area is 130 Å². The predicted octanol–water partition coefficient (Wildman–Crippen LogP) is 3.72. The summed E-state index contributed by atoms with van der Waals surface area (Å²) in [6, 6.07) is 11.6. The molecule has 0 bridgehead atoms. The van der Waals surface area contributed by atoms with Gasteiger partial charge in [-0.15, -0.1) is 0 Å². The quantitative estimate of drug-likeness (QED) is 0.858. The van der Waals surface area contributed by atoms with Gasteiger partial charge in [-0.05, 0) is 44.2 Å². The molecule has 118 valence electrons. The van der Waals surface area contributed by atoms with E-state index in [9.17, 15) is 0 Å². The molecule has 21 heavy (non-hydrogen) atoms. The number of nitrogens with zero attached hydrogens (tertiary/aromatic N) is 1. The fourth-order valence-corrected chi connectivity index (χ4v) is 3.14. The molecule has 1 N–H and O–H groups in total. The smallest absolute Gasteiger partial charge is 0.0278 e. The highest BCUT2D eigenvalue weighted by molar-refractivity contribution is 5.16. The highest BCUT2D eigenvalue weighted by Crippen LogP contribution is 2.22. The third-order valence-electron chi connectivity index (χ3n) is 4.92. The molecule has 0 spiro atoms. The summed E-state index contributed by atoms with van der Waals surface area (Å²) >= 11 is 0. The minimum atomic E-state index is 0.282. The topological polar surface area (TPSA) is 15.3 Å². The van der Waals surface area contributed by atoms with E-state index in [0.29, 0.717) is 6.04 Å². The van der Waals surface area contributed by atoms with Gasteiger partial charge in [0.15, 0.2) is 0 Å². The molecule has 1 saturated heterocycles. The summed E-state index contributed by atoms with van der Waals surface area (Å²) in [6.07, 6.45) is 3.65. The van der Waals surface area contributed by atoms with E-state index in [0.717, 1.165) is 18.9 Å². The van der Waals surface area contributed by atoms with Crippen LogP contribution in [0.3, 0.4) is 0 Å². The van der Waals surface area contributed by atoms with Crippen LogP contribution in [-0.4, -0.2) is 36.1 Å². The van der Waals surface area contributed by atoms with E-state index in [1.54, 1.807) is 0 Å². The zero-order chi connectivity index (χ0) is 15.3. The van der Waals surface area contributed by atoms with Crippen LogP contribution < -0.4 is 5.32 Å². The van der Waals surface area contributed by atoms with Crippen LogP contribution in [0.4, 0.5) is 0 Å². The van der Waals surface area contributed by atoms with Gasteiger partial charge in [0.1, 0.15) is 0 Å². The maximum Gasteiger partial charge on any atom is 0.0278 e. The Bertz CT molecular complexity index is 415. The Kier molecular flexibility index (Phi) is 5.83. The van der Waals surface area contributed by atoms with Crippen molar-refractivity contribution in [1.29, 1.82) is 0 Å². The highest BCUT2D eigenvalue weighted by Gasteiger charge is 2.34. The lowest BCUT2D eigenvalue weighted by Gasteiger charge is -2.46. The van der Waals surface area contributed by atoms with E-state index < -0.39 is 0 Å². The first-order valence-corrected chi connectivity index (χ1v) is 8.55. The summed E-state index contributed by atoms with van der Waals surface area (Å²) in [5.74, 6) is 0.783. The minimum Gasteiger partial charge on any atom is -0.309 e. The van der Waals surface area contributed by atoms with Crippen molar-refractivity contribution in [3.8, 4) is 0 Å². The van der Waals surface area contributed by atoms with Crippen LogP contribution in [0.5, 0.6) is 0 Å². The molecule has 2 heteroatoms. The number of piperazine rings is 1. The molecule has 0 saturated carbocycles. The Morgan fingerprint density at radius 2 is 2.00 bits per heavy atom. The Morgan fingerprint density at radius 1 is 1.29 bits per heavy atom.